The summed E-state index contributed by atoms with van der Waals surface area (Å²) in [5.41, 5.74) is 0.644. The maximum Gasteiger partial charge on any atom is 0.146 e. The van der Waals surface area contributed by atoms with Crippen molar-refractivity contribution in [2.75, 3.05) is 0 Å². The highest BCUT2D eigenvalue weighted by Gasteiger charge is 2.06. The molecule has 0 heterocycles. The average molecular weight is 282 g/mol. The lowest BCUT2D eigenvalue weighted by Crippen LogP contribution is -1.91. The number of oxime groups is 1. The smallest absolute Gasteiger partial charge is 0.146 e. The molecule has 2 aromatic rings. The summed E-state index contributed by atoms with van der Waals surface area (Å²) in [7, 11) is 0. The van der Waals surface area contributed by atoms with Crippen molar-refractivity contribution in [2.24, 2.45) is 5.16 Å². The van der Waals surface area contributed by atoms with Gasteiger partial charge in [0.25, 0.3) is 0 Å². The second-order valence-corrected chi connectivity index (χ2v) is 4.30. The van der Waals surface area contributed by atoms with Gasteiger partial charge < -0.3 is 9.94 Å². The van der Waals surface area contributed by atoms with Crippen LogP contribution in [0.3, 0.4) is 0 Å². The molecule has 0 saturated heterocycles. The predicted molar refractivity (Wildman–Crippen MR) is 72.4 cm³/mol. The summed E-state index contributed by atoms with van der Waals surface area (Å²) >= 11 is 11.8. The van der Waals surface area contributed by atoms with Gasteiger partial charge in [0.1, 0.15) is 11.5 Å². The normalized spacial score (nSPS) is 10.8. The zero-order valence-electron chi connectivity index (χ0n) is 9.18. The Morgan fingerprint density at radius 1 is 1.06 bits per heavy atom. The molecule has 2 aromatic carbocycles. The standard InChI is InChI=1S/C13H9Cl2NO2/c14-10-5-6-13(11(15)7-10)18-12-4-2-1-3-9(12)8-16-17/h1-8,17H. The first-order valence-electron chi connectivity index (χ1n) is 5.10. The summed E-state index contributed by atoms with van der Waals surface area (Å²) in [5, 5.41) is 12.5. The van der Waals surface area contributed by atoms with E-state index in [1.54, 1.807) is 30.3 Å². The molecule has 3 nitrogen and oxygen atoms in total. The molecule has 0 atom stereocenters. The number of hydrogen-bond acceptors (Lipinski definition) is 3. The second kappa shape index (κ2) is 5.76. The number of ether oxygens (including phenoxy) is 1. The number of halogens is 2. The summed E-state index contributed by atoms with van der Waals surface area (Å²) in [5.74, 6) is 1.03. The zero-order valence-corrected chi connectivity index (χ0v) is 10.7. The first-order valence-corrected chi connectivity index (χ1v) is 5.85. The monoisotopic (exact) mass is 281 g/mol. The van der Waals surface area contributed by atoms with Crippen LogP contribution in [-0.2, 0) is 0 Å². The Morgan fingerprint density at radius 2 is 1.83 bits per heavy atom. The molecule has 0 bridgehead atoms. The Labute approximate surface area is 114 Å². The fourth-order valence-corrected chi connectivity index (χ4v) is 1.87. The van der Waals surface area contributed by atoms with Crippen molar-refractivity contribution in [1.29, 1.82) is 0 Å². The predicted octanol–water partition coefficient (Wildman–Crippen LogP) is 4.59. The van der Waals surface area contributed by atoms with E-state index in [-0.39, 0.29) is 0 Å². The van der Waals surface area contributed by atoms with Crippen molar-refractivity contribution < 1.29 is 9.94 Å². The Kier molecular flexibility index (Phi) is 4.07. The van der Waals surface area contributed by atoms with Crippen molar-refractivity contribution in [3.8, 4) is 11.5 Å². The number of hydrogen-bond donors (Lipinski definition) is 1. The molecule has 92 valence electrons. The fourth-order valence-electron chi connectivity index (χ4n) is 1.42. The van der Waals surface area contributed by atoms with Gasteiger partial charge in [-0.05, 0) is 30.3 Å². The molecule has 2 rings (SSSR count). The van der Waals surface area contributed by atoms with Crippen LogP contribution in [0.1, 0.15) is 5.56 Å². The third-order valence-corrected chi connectivity index (χ3v) is 2.76. The van der Waals surface area contributed by atoms with Gasteiger partial charge in [0.15, 0.2) is 0 Å². The molecular formula is C13H9Cl2NO2. The topological polar surface area (TPSA) is 41.8 Å². The number of para-hydroxylation sites is 1. The zero-order chi connectivity index (χ0) is 13.0. The summed E-state index contributed by atoms with van der Waals surface area (Å²) in [6.07, 6.45) is 1.29. The van der Waals surface area contributed by atoms with Crippen LogP contribution in [0.4, 0.5) is 0 Å². The maximum absolute atomic E-state index is 8.57. The van der Waals surface area contributed by atoms with Crippen LogP contribution in [0.25, 0.3) is 0 Å². The van der Waals surface area contributed by atoms with Crippen molar-refractivity contribution in [3.05, 3.63) is 58.1 Å². The third-order valence-electron chi connectivity index (χ3n) is 2.23. The van der Waals surface area contributed by atoms with Crippen LogP contribution in [0.5, 0.6) is 11.5 Å². The SMILES string of the molecule is ON=Cc1ccccc1Oc1ccc(Cl)cc1Cl. The highest BCUT2D eigenvalue weighted by atomic mass is 35.5. The molecule has 1 N–H and O–H groups in total. The lowest BCUT2D eigenvalue weighted by atomic mass is 10.2. The molecule has 0 spiro atoms. The Morgan fingerprint density at radius 3 is 2.56 bits per heavy atom. The Balaban J connectivity index is 2.34. The van der Waals surface area contributed by atoms with Gasteiger partial charge in [-0.2, -0.15) is 0 Å². The van der Waals surface area contributed by atoms with Gasteiger partial charge >= 0.3 is 0 Å². The molecule has 0 amide bonds. The van der Waals surface area contributed by atoms with E-state index in [1.165, 1.54) is 6.21 Å². The quantitative estimate of drug-likeness (QED) is 0.508. The van der Waals surface area contributed by atoms with Gasteiger partial charge in [0, 0.05) is 10.6 Å². The summed E-state index contributed by atoms with van der Waals surface area (Å²) in [4.78, 5) is 0. The first kappa shape index (κ1) is 12.7. The average Bonchev–Trinajstić information content (AvgIpc) is 2.35. The summed E-state index contributed by atoms with van der Waals surface area (Å²) in [6, 6.07) is 12.1. The third kappa shape index (κ3) is 2.94. The van der Waals surface area contributed by atoms with E-state index in [0.29, 0.717) is 27.1 Å². The van der Waals surface area contributed by atoms with Crippen LogP contribution in [-0.4, -0.2) is 11.4 Å². The van der Waals surface area contributed by atoms with Gasteiger partial charge in [0.2, 0.25) is 0 Å². The molecule has 0 saturated carbocycles. The minimum Gasteiger partial charge on any atom is -0.455 e. The van der Waals surface area contributed by atoms with E-state index in [2.05, 4.69) is 5.16 Å². The van der Waals surface area contributed by atoms with E-state index in [4.69, 9.17) is 33.1 Å². The van der Waals surface area contributed by atoms with Crippen molar-refractivity contribution in [2.45, 2.75) is 0 Å². The van der Waals surface area contributed by atoms with E-state index in [9.17, 15) is 0 Å². The molecule has 0 aromatic heterocycles. The largest absolute Gasteiger partial charge is 0.455 e. The van der Waals surface area contributed by atoms with Crippen molar-refractivity contribution >= 4 is 29.4 Å². The molecule has 18 heavy (non-hydrogen) atoms. The summed E-state index contributed by atoms with van der Waals surface area (Å²) < 4.78 is 5.65. The maximum atomic E-state index is 8.57. The van der Waals surface area contributed by atoms with Crippen molar-refractivity contribution in [1.82, 2.24) is 0 Å². The van der Waals surface area contributed by atoms with Crippen LogP contribution in [0.15, 0.2) is 47.6 Å². The fraction of sp³-hybridized carbons (Fsp3) is 0. The van der Waals surface area contributed by atoms with E-state index < -0.39 is 0 Å². The Hall–Kier alpha value is -1.71. The van der Waals surface area contributed by atoms with Crippen LogP contribution >= 0.6 is 23.2 Å². The van der Waals surface area contributed by atoms with E-state index >= 15 is 0 Å². The van der Waals surface area contributed by atoms with Gasteiger partial charge in [0.05, 0.1) is 11.2 Å². The van der Waals surface area contributed by atoms with Gasteiger partial charge in [-0.15, -0.1) is 0 Å². The minimum atomic E-state index is 0.415. The molecule has 0 radical (unpaired) electrons. The molecule has 0 aliphatic carbocycles. The van der Waals surface area contributed by atoms with Crippen LogP contribution < -0.4 is 4.74 Å². The lowest BCUT2D eigenvalue weighted by Gasteiger charge is -2.09. The Bertz CT molecular complexity index is 585. The highest BCUT2D eigenvalue weighted by Crippen LogP contribution is 2.32. The molecule has 0 aliphatic heterocycles. The molecule has 0 unspecified atom stereocenters. The number of rotatable bonds is 3. The van der Waals surface area contributed by atoms with Crippen LogP contribution in [0, 0.1) is 0 Å². The minimum absolute atomic E-state index is 0.415. The van der Waals surface area contributed by atoms with Crippen LogP contribution in [0.2, 0.25) is 10.0 Å². The first-order chi connectivity index (χ1) is 8.70. The van der Waals surface area contributed by atoms with Gasteiger partial charge in [-0.25, -0.2) is 0 Å². The van der Waals surface area contributed by atoms with Crippen molar-refractivity contribution in [3.63, 3.8) is 0 Å². The molecule has 0 fully saturated rings. The van der Waals surface area contributed by atoms with E-state index in [0.717, 1.165) is 0 Å². The highest BCUT2D eigenvalue weighted by molar-refractivity contribution is 6.35. The molecule has 5 heteroatoms. The number of nitrogens with zero attached hydrogens (tertiary/aromatic N) is 1. The van der Waals surface area contributed by atoms with Gasteiger partial charge in [-0.3, -0.25) is 0 Å². The summed E-state index contributed by atoms with van der Waals surface area (Å²) in [6.45, 7) is 0. The molecular weight excluding hydrogens is 273 g/mol. The second-order valence-electron chi connectivity index (χ2n) is 3.46. The van der Waals surface area contributed by atoms with E-state index in [1.807, 2.05) is 12.1 Å². The lowest BCUT2D eigenvalue weighted by molar-refractivity contribution is 0.321. The van der Waals surface area contributed by atoms with Gasteiger partial charge in [-0.1, -0.05) is 40.5 Å². The molecule has 0 aliphatic rings. The number of benzene rings is 2.